The van der Waals surface area contributed by atoms with Crippen molar-refractivity contribution in [3.63, 3.8) is 0 Å². The average molecular weight is 975 g/mol. The summed E-state index contributed by atoms with van der Waals surface area (Å²) in [6.07, 6.45) is 59.0. The predicted molar refractivity (Wildman–Crippen MR) is 290 cm³/mol. The summed E-state index contributed by atoms with van der Waals surface area (Å²) < 4.78 is 11.3. The van der Waals surface area contributed by atoms with Gasteiger partial charge in [-0.3, -0.25) is 4.79 Å². The summed E-state index contributed by atoms with van der Waals surface area (Å²) >= 11 is 0. The number of ether oxygens (including phenoxy) is 2. The number of hydrogen-bond donors (Lipinski definition) is 6. The zero-order valence-electron chi connectivity index (χ0n) is 44.8. The summed E-state index contributed by atoms with van der Waals surface area (Å²) in [5, 5.41) is 54.5. The number of allylic oxidation sites excluding steroid dienone is 7. The first-order chi connectivity index (χ1) is 33.8. The number of carbonyl (C=O) groups excluding carboxylic acids is 1. The minimum Gasteiger partial charge on any atom is -0.394 e. The Balaban J connectivity index is 2.20. The highest BCUT2D eigenvalue weighted by molar-refractivity contribution is 5.76. The fourth-order valence-electron chi connectivity index (χ4n) is 9.20. The number of amides is 1. The second kappa shape index (κ2) is 49.7. The van der Waals surface area contributed by atoms with Gasteiger partial charge in [-0.05, 0) is 64.2 Å². The molecule has 0 aromatic rings. The molecule has 1 aliphatic rings. The van der Waals surface area contributed by atoms with E-state index in [0.717, 1.165) is 44.9 Å². The van der Waals surface area contributed by atoms with E-state index in [1.807, 2.05) is 6.08 Å². The highest BCUT2D eigenvalue weighted by Gasteiger charge is 2.44. The number of aliphatic hydroxyl groups is 5. The lowest BCUT2D eigenvalue weighted by Crippen LogP contribution is -2.60. The molecular weight excluding hydrogens is 863 g/mol. The molecule has 7 unspecified atom stereocenters. The molecule has 1 fully saturated rings. The summed E-state index contributed by atoms with van der Waals surface area (Å²) in [5.41, 5.74) is 0. The zero-order valence-corrected chi connectivity index (χ0v) is 44.8. The molecule has 0 saturated carbocycles. The van der Waals surface area contributed by atoms with E-state index < -0.39 is 49.5 Å². The lowest BCUT2D eigenvalue weighted by atomic mass is 9.99. The highest BCUT2D eigenvalue weighted by atomic mass is 16.7. The van der Waals surface area contributed by atoms with Crippen molar-refractivity contribution in [1.29, 1.82) is 0 Å². The third-order valence-corrected chi connectivity index (χ3v) is 13.9. The molecule has 1 aliphatic heterocycles. The van der Waals surface area contributed by atoms with Gasteiger partial charge in [0.2, 0.25) is 5.91 Å². The van der Waals surface area contributed by atoms with E-state index in [1.54, 1.807) is 6.08 Å². The van der Waals surface area contributed by atoms with Crippen molar-refractivity contribution in [2.24, 2.45) is 0 Å². The monoisotopic (exact) mass is 974 g/mol. The summed E-state index contributed by atoms with van der Waals surface area (Å²) in [4.78, 5) is 13.0. The second-order valence-electron chi connectivity index (χ2n) is 20.4. The van der Waals surface area contributed by atoms with Crippen LogP contribution in [-0.4, -0.2) is 87.5 Å². The molecule has 6 N–H and O–H groups in total. The Kier molecular flexibility index (Phi) is 47.0. The fourth-order valence-corrected chi connectivity index (χ4v) is 9.20. The highest BCUT2D eigenvalue weighted by Crippen LogP contribution is 2.23. The van der Waals surface area contributed by atoms with Gasteiger partial charge in [-0.15, -0.1) is 0 Å². The molecule has 69 heavy (non-hydrogen) atoms. The Bertz CT molecular complexity index is 1220. The lowest BCUT2D eigenvalue weighted by Gasteiger charge is -2.40. The van der Waals surface area contributed by atoms with Crippen LogP contribution in [0.1, 0.15) is 271 Å². The van der Waals surface area contributed by atoms with Crippen molar-refractivity contribution in [3.05, 3.63) is 48.6 Å². The zero-order chi connectivity index (χ0) is 50.1. The molecule has 1 amide bonds. The maximum atomic E-state index is 13.0. The van der Waals surface area contributed by atoms with E-state index in [-0.39, 0.29) is 12.5 Å². The van der Waals surface area contributed by atoms with Crippen molar-refractivity contribution < 1.29 is 39.8 Å². The van der Waals surface area contributed by atoms with E-state index in [1.165, 1.54) is 205 Å². The Morgan fingerprint density at radius 2 is 0.870 bits per heavy atom. The van der Waals surface area contributed by atoms with Gasteiger partial charge in [0, 0.05) is 6.42 Å². The Labute approximate surface area is 424 Å². The summed E-state index contributed by atoms with van der Waals surface area (Å²) in [5.74, 6) is -0.186. The van der Waals surface area contributed by atoms with E-state index in [0.29, 0.717) is 6.42 Å². The standard InChI is InChI=1S/C60H111NO8/c1-3-5-7-9-11-13-15-17-19-21-22-23-24-25-26-27-28-29-30-31-32-34-36-38-40-42-44-46-48-50-56(64)61-53(52-68-60-59(67)58(66)57(65)55(51-62)69-60)54(63)49-47-45-43-41-39-37-35-33-20-18-16-14-12-10-8-6-4-2/h22-23,25-26,39,41,47,49,53-55,57-60,62-63,65-67H,3-21,24,27-38,40,42-46,48,50-52H2,1-2H3,(H,61,64)/b23-22-,26-25-,41-39+,49-47+. The number of nitrogens with one attached hydrogen (secondary N) is 1. The quantitative estimate of drug-likeness (QED) is 0.0261. The van der Waals surface area contributed by atoms with Gasteiger partial charge in [0.05, 0.1) is 25.4 Å². The van der Waals surface area contributed by atoms with Crippen LogP contribution in [0.15, 0.2) is 48.6 Å². The van der Waals surface area contributed by atoms with Gasteiger partial charge in [0.15, 0.2) is 6.29 Å². The summed E-state index contributed by atoms with van der Waals surface area (Å²) in [6, 6.07) is -0.823. The maximum absolute atomic E-state index is 13.0. The minimum atomic E-state index is -1.57. The normalized spacial score (nSPS) is 19.8. The number of aliphatic hydroxyl groups excluding tert-OH is 5. The number of hydrogen-bond acceptors (Lipinski definition) is 8. The van der Waals surface area contributed by atoms with Crippen LogP contribution in [-0.2, 0) is 14.3 Å². The van der Waals surface area contributed by atoms with Crippen molar-refractivity contribution >= 4 is 5.91 Å². The van der Waals surface area contributed by atoms with E-state index in [9.17, 15) is 30.3 Å². The van der Waals surface area contributed by atoms with Gasteiger partial charge >= 0.3 is 0 Å². The van der Waals surface area contributed by atoms with Crippen molar-refractivity contribution in [2.45, 2.75) is 314 Å². The molecule has 1 rings (SSSR count). The van der Waals surface area contributed by atoms with Crippen LogP contribution < -0.4 is 5.32 Å². The van der Waals surface area contributed by atoms with Gasteiger partial charge in [0.1, 0.15) is 24.4 Å². The van der Waals surface area contributed by atoms with Crippen molar-refractivity contribution in [3.8, 4) is 0 Å². The second-order valence-corrected chi connectivity index (χ2v) is 20.4. The first-order valence-electron chi connectivity index (χ1n) is 29.4. The summed E-state index contributed by atoms with van der Waals surface area (Å²) in [6.45, 7) is 3.78. The number of unbranched alkanes of at least 4 members (excludes halogenated alkanes) is 34. The van der Waals surface area contributed by atoms with Gasteiger partial charge in [-0.25, -0.2) is 0 Å². The van der Waals surface area contributed by atoms with Crippen molar-refractivity contribution in [2.75, 3.05) is 13.2 Å². The molecule has 9 nitrogen and oxygen atoms in total. The lowest BCUT2D eigenvalue weighted by molar-refractivity contribution is -0.302. The molecule has 0 aliphatic carbocycles. The molecular formula is C60H111NO8. The van der Waals surface area contributed by atoms with Gasteiger partial charge in [-0.2, -0.15) is 0 Å². The minimum absolute atomic E-state index is 0.186. The third-order valence-electron chi connectivity index (χ3n) is 13.9. The Hall–Kier alpha value is -1.85. The average Bonchev–Trinajstić information content (AvgIpc) is 3.35. The van der Waals surface area contributed by atoms with Crippen LogP contribution in [0.25, 0.3) is 0 Å². The van der Waals surface area contributed by atoms with Gasteiger partial charge < -0.3 is 40.3 Å². The van der Waals surface area contributed by atoms with Gasteiger partial charge in [0.25, 0.3) is 0 Å². The van der Waals surface area contributed by atoms with E-state index >= 15 is 0 Å². The molecule has 0 radical (unpaired) electrons. The topological polar surface area (TPSA) is 149 Å². The smallest absolute Gasteiger partial charge is 0.220 e. The molecule has 1 heterocycles. The molecule has 0 bridgehead atoms. The van der Waals surface area contributed by atoms with E-state index in [4.69, 9.17) is 9.47 Å². The third kappa shape index (κ3) is 39.4. The fraction of sp³-hybridized carbons (Fsp3) is 0.850. The van der Waals surface area contributed by atoms with Crippen LogP contribution in [0, 0.1) is 0 Å². The van der Waals surface area contributed by atoms with Gasteiger partial charge in [-0.1, -0.05) is 249 Å². The molecule has 7 atom stereocenters. The molecule has 404 valence electrons. The van der Waals surface area contributed by atoms with Crippen LogP contribution >= 0.6 is 0 Å². The number of carbonyl (C=O) groups is 1. The number of rotatable bonds is 50. The van der Waals surface area contributed by atoms with Crippen LogP contribution in [0.3, 0.4) is 0 Å². The maximum Gasteiger partial charge on any atom is 0.220 e. The first-order valence-corrected chi connectivity index (χ1v) is 29.4. The molecule has 0 aromatic heterocycles. The van der Waals surface area contributed by atoms with Crippen LogP contribution in [0.5, 0.6) is 0 Å². The Morgan fingerprint density at radius 3 is 1.30 bits per heavy atom. The SMILES string of the molecule is CCCCCCCCCCC/C=C\C/C=C\CCCCCCCCCCCCCCCC(=O)NC(COC1OC(CO)C(O)C(O)C1O)C(O)/C=C/CC/C=C/CCCCCCCCCCCCC. The predicted octanol–water partition coefficient (Wildman–Crippen LogP) is 14.5. The molecule has 9 heteroatoms. The van der Waals surface area contributed by atoms with Crippen LogP contribution in [0.4, 0.5) is 0 Å². The summed E-state index contributed by atoms with van der Waals surface area (Å²) in [7, 11) is 0. The largest absolute Gasteiger partial charge is 0.394 e. The molecule has 1 saturated heterocycles. The molecule has 0 aromatic carbocycles. The van der Waals surface area contributed by atoms with Crippen molar-refractivity contribution in [1.82, 2.24) is 5.32 Å². The molecule has 0 spiro atoms. The first kappa shape index (κ1) is 65.2. The van der Waals surface area contributed by atoms with E-state index in [2.05, 4.69) is 55.6 Å². The Morgan fingerprint density at radius 1 is 0.493 bits per heavy atom. The van der Waals surface area contributed by atoms with Crippen LogP contribution in [0.2, 0.25) is 0 Å².